The van der Waals surface area contributed by atoms with Crippen LogP contribution < -0.4 is 9.64 Å². The first-order valence-corrected chi connectivity index (χ1v) is 8.08. The summed E-state index contributed by atoms with van der Waals surface area (Å²) in [5.41, 5.74) is 4.94. The summed E-state index contributed by atoms with van der Waals surface area (Å²) in [6, 6.07) is 10.1. The number of fused-ring (bicyclic) bond motifs is 1. The molecular weight excluding hydrogens is 288 g/mol. The molecule has 1 aliphatic heterocycles. The summed E-state index contributed by atoms with van der Waals surface area (Å²) in [6.45, 7) is 2.22. The lowest BCUT2D eigenvalue weighted by molar-refractivity contribution is 0.415. The number of hydrogen-bond acceptors (Lipinski definition) is 4. The van der Waals surface area contributed by atoms with Gasteiger partial charge >= 0.3 is 0 Å². The molecular formula is C18H20N4O. The van der Waals surface area contributed by atoms with Crippen LogP contribution in [0.5, 0.6) is 5.75 Å². The highest BCUT2D eigenvalue weighted by atomic mass is 16.5. The molecule has 4 rings (SSSR count). The number of piperidine rings is 1. The summed E-state index contributed by atoms with van der Waals surface area (Å²) in [4.78, 5) is 7.07. The van der Waals surface area contributed by atoms with Gasteiger partial charge in [0.15, 0.2) is 0 Å². The van der Waals surface area contributed by atoms with E-state index in [1.54, 1.807) is 7.11 Å². The molecule has 5 heteroatoms. The zero-order chi connectivity index (χ0) is 15.6. The molecule has 0 bridgehead atoms. The topological polar surface area (TPSA) is 54.0 Å². The Kier molecular flexibility index (Phi) is 3.61. The van der Waals surface area contributed by atoms with Crippen LogP contribution in [-0.2, 0) is 0 Å². The van der Waals surface area contributed by atoms with Crippen molar-refractivity contribution in [1.82, 2.24) is 15.2 Å². The number of benzene rings is 1. The van der Waals surface area contributed by atoms with Crippen molar-refractivity contribution in [3.63, 3.8) is 0 Å². The third kappa shape index (κ3) is 2.63. The minimum Gasteiger partial charge on any atom is -0.497 e. The molecule has 0 aliphatic carbocycles. The SMILES string of the molecule is COc1cccc(-c2[nH]nc3cc(N4CCCCC4)cnc23)c1. The van der Waals surface area contributed by atoms with Crippen molar-refractivity contribution in [1.29, 1.82) is 0 Å². The van der Waals surface area contributed by atoms with Gasteiger partial charge in [0.2, 0.25) is 0 Å². The van der Waals surface area contributed by atoms with Crippen molar-refractivity contribution in [2.45, 2.75) is 19.3 Å². The van der Waals surface area contributed by atoms with Gasteiger partial charge in [-0.1, -0.05) is 12.1 Å². The van der Waals surface area contributed by atoms with Gasteiger partial charge in [-0.3, -0.25) is 10.1 Å². The van der Waals surface area contributed by atoms with Crippen LogP contribution in [0, 0.1) is 0 Å². The number of hydrogen-bond donors (Lipinski definition) is 1. The molecule has 2 aromatic heterocycles. The summed E-state index contributed by atoms with van der Waals surface area (Å²) in [6.07, 6.45) is 5.81. The highest BCUT2D eigenvalue weighted by molar-refractivity contribution is 5.91. The lowest BCUT2D eigenvalue weighted by Crippen LogP contribution is -2.29. The van der Waals surface area contributed by atoms with E-state index in [0.717, 1.165) is 41.1 Å². The molecule has 23 heavy (non-hydrogen) atoms. The van der Waals surface area contributed by atoms with E-state index in [0.29, 0.717) is 0 Å². The molecule has 1 aliphatic rings. The first kappa shape index (κ1) is 14.1. The minimum absolute atomic E-state index is 0.829. The monoisotopic (exact) mass is 308 g/mol. The fourth-order valence-corrected chi connectivity index (χ4v) is 3.19. The summed E-state index contributed by atoms with van der Waals surface area (Å²) in [5.74, 6) is 0.829. The average molecular weight is 308 g/mol. The van der Waals surface area contributed by atoms with E-state index in [-0.39, 0.29) is 0 Å². The second-order valence-electron chi connectivity index (χ2n) is 5.94. The van der Waals surface area contributed by atoms with Gasteiger partial charge in [0.1, 0.15) is 16.8 Å². The Balaban J connectivity index is 1.72. The molecule has 1 aromatic carbocycles. The summed E-state index contributed by atoms with van der Waals surface area (Å²) >= 11 is 0. The number of rotatable bonds is 3. The Morgan fingerprint density at radius 2 is 2.00 bits per heavy atom. The highest BCUT2D eigenvalue weighted by Crippen LogP contribution is 2.29. The van der Waals surface area contributed by atoms with Gasteiger partial charge in [-0.2, -0.15) is 5.10 Å². The Bertz CT molecular complexity index is 821. The predicted molar refractivity (Wildman–Crippen MR) is 91.9 cm³/mol. The van der Waals surface area contributed by atoms with Crippen LogP contribution >= 0.6 is 0 Å². The zero-order valence-corrected chi connectivity index (χ0v) is 13.2. The fourth-order valence-electron chi connectivity index (χ4n) is 3.19. The van der Waals surface area contributed by atoms with Crippen LogP contribution in [0.15, 0.2) is 36.5 Å². The van der Waals surface area contributed by atoms with Crippen molar-refractivity contribution in [3.05, 3.63) is 36.5 Å². The first-order valence-electron chi connectivity index (χ1n) is 8.08. The second kappa shape index (κ2) is 5.91. The second-order valence-corrected chi connectivity index (χ2v) is 5.94. The maximum Gasteiger partial charge on any atom is 0.119 e. The third-order valence-corrected chi connectivity index (χ3v) is 4.46. The summed E-state index contributed by atoms with van der Waals surface area (Å²) in [7, 11) is 1.67. The number of aromatic nitrogens is 3. The van der Waals surface area contributed by atoms with Crippen molar-refractivity contribution in [3.8, 4) is 17.0 Å². The van der Waals surface area contributed by atoms with E-state index < -0.39 is 0 Å². The van der Waals surface area contributed by atoms with Crippen LogP contribution in [0.2, 0.25) is 0 Å². The predicted octanol–water partition coefficient (Wildman–Crippen LogP) is 3.62. The van der Waals surface area contributed by atoms with Crippen LogP contribution in [-0.4, -0.2) is 35.4 Å². The van der Waals surface area contributed by atoms with Gasteiger partial charge in [0, 0.05) is 18.7 Å². The number of H-pyrrole nitrogens is 1. The van der Waals surface area contributed by atoms with E-state index in [9.17, 15) is 0 Å². The van der Waals surface area contributed by atoms with Crippen LogP contribution in [0.1, 0.15) is 19.3 Å². The van der Waals surface area contributed by atoms with Crippen LogP contribution in [0.4, 0.5) is 5.69 Å². The lowest BCUT2D eigenvalue weighted by atomic mass is 10.1. The van der Waals surface area contributed by atoms with Gasteiger partial charge in [0.25, 0.3) is 0 Å². The normalized spacial score (nSPS) is 15.1. The van der Waals surface area contributed by atoms with E-state index in [1.807, 2.05) is 30.5 Å². The lowest BCUT2D eigenvalue weighted by Gasteiger charge is -2.28. The Labute approximate surface area is 135 Å². The molecule has 1 N–H and O–H groups in total. The average Bonchev–Trinajstić information content (AvgIpc) is 3.05. The Hall–Kier alpha value is -2.56. The number of aromatic amines is 1. The number of anilines is 1. The third-order valence-electron chi connectivity index (χ3n) is 4.46. The van der Waals surface area contributed by atoms with Gasteiger partial charge in [-0.15, -0.1) is 0 Å². The van der Waals surface area contributed by atoms with Crippen molar-refractivity contribution >= 4 is 16.7 Å². The fraction of sp³-hybridized carbons (Fsp3) is 0.333. The van der Waals surface area contributed by atoms with E-state index in [2.05, 4.69) is 26.1 Å². The number of nitrogens with zero attached hydrogens (tertiary/aromatic N) is 3. The van der Waals surface area contributed by atoms with E-state index in [4.69, 9.17) is 4.74 Å². The van der Waals surface area contributed by atoms with Crippen LogP contribution in [0.25, 0.3) is 22.3 Å². The molecule has 1 fully saturated rings. The largest absolute Gasteiger partial charge is 0.497 e. The first-order chi connectivity index (χ1) is 11.3. The Morgan fingerprint density at radius 3 is 2.83 bits per heavy atom. The molecule has 5 nitrogen and oxygen atoms in total. The number of ether oxygens (including phenoxy) is 1. The highest BCUT2D eigenvalue weighted by Gasteiger charge is 2.15. The zero-order valence-electron chi connectivity index (χ0n) is 13.2. The van der Waals surface area contributed by atoms with Crippen molar-refractivity contribution in [2.24, 2.45) is 0 Å². The van der Waals surface area contributed by atoms with E-state index >= 15 is 0 Å². The van der Waals surface area contributed by atoms with Gasteiger partial charge in [0.05, 0.1) is 24.7 Å². The van der Waals surface area contributed by atoms with Gasteiger partial charge in [-0.05, 0) is 37.5 Å². The molecule has 0 unspecified atom stereocenters. The van der Waals surface area contributed by atoms with E-state index in [1.165, 1.54) is 24.9 Å². The number of nitrogens with one attached hydrogen (secondary N) is 1. The molecule has 3 heterocycles. The molecule has 3 aromatic rings. The Morgan fingerprint density at radius 1 is 1.13 bits per heavy atom. The summed E-state index contributed by atoms with van der Waals surface area (Å²) in [5, 5.41) is 7.58. The molecule has 118 valence electrons. The molecule has 0 amide bonds. The number of methoxy groups -OCH3 is 1. The number of pyridine rings is 1. The quantitative estimate of drug-likeness (QED) is 0.803. The molecule has 0 atom stereocenters. The summed E-state index contributed by atoms with van der Waals surface area (Å²) < 4.78 is 5.30. The smallest absolute Gasteiger partial charge is 0.119 e. The van der Waals surface area contributed by atoms with Crippen molar-refractivity contribution < 1.29 is 4.74 Å². The maximum atomic E-state index is 5.30. The van der Waals surface area contributed by atoms with Gasteiger partial charge in [-0.25, -0.2) is 0 Å². The molecule has 1 saturated heterocycles. The molecule has 0 saturated carbocycles. The van der Waals surface area contributed by atoms with Gasteiger partial charge < -0.3 is 9.64 Å². The minimum atomic E-state index is 0.829. The molecule has 0 radical (unpaired) electrons. The maximum absolute atomic E-state index is 5.30. The van der Waals surface area contributed by atoms with Crippen LogP contribution in [0.3, 0.4) is 0 Å². The standard InChI is InChI=1S/C18H20N4O/c1-23-15-7-5-6-13(10-15)17-18-16(20-21-17)11-14(12-19-18)22-8-3-2-4-9-22/h5-7,10-12H,2-4,8-9H2,1H3,(H,20,21). The van der Waals surface area contributed by atoms with Crippen molar-refractivity contribution in [2.75, 3.05) is 25.1 Å². The molecule has 0 spiro atoms.